The molecule has 4 rings (SSSR count). The topological polar surface area (TPSA) is 39.9 Å². The van der Waals surface area contributed by atoms with Crippen LogP contribution in [-0.2, 0) is 12.5 Å². The molecule has 1 fully saturated rings. The summed E-state index contributed by atoms with van der Waals surface area (Å²) in [5, 5.41) is 9.09. The molecule has 152 valence electrons. The fourth-order valence-electron chi connectivity index (χ4n) is 3.82. The third-order valence-electron chi connectivity index (χ3n) is 5.19. The molecule has 0 saturated heterocycles. The molecule has 1 aromatic heterocycles. The lowest BCUT2D eigenvalue weighted by Crippen LogP contribution is -2.45. The second kappa shape index (κ2) is 7.02. The van der Waals surface area contributed by atoms with Crippen LogP contribution in [0.3, 0.4) is 0 Å². The SMILES string of the molecule is Cn1c(-c2ccc(OC(F)(F)F)cc2)nnc1C1(c2ccc(Cl)cc2)CC(F)C1. The van der Waals surface area contributed by atoms with Crippen LogP contribution in [0.25, 0.3) is 11.4 Å². The number of alkyl halides is 4. The summed E-state index contributed by atoms with van der Waals surface area (Å²) in [6.07, 6.45) is -5.14. The van der Waals surface area contributed by atoms with Gasteiger partial charge in [0.15, 0.2) is 5.82 Å². The standard InChI is InChI=1S/C20H16ClF4N3O/c1-28-17(12-2-8-16(9-3-12)29-20(23,24)25)26-27-18(28)19(10-15(22)11-19)13-4-6-14(21)7-5-13/h2-9,15H,10-11H2,1H3. The monoisotopic (exact) mass is 425 g/mol. The average molecular weight is 426 g/mol. The van der Waals surface area contributed by atoms with Gasteiger partial charge in [-0.1, -0.05) is 23.7 Å². The van der Waals surface area contributed by atoms with Crippen LogP contribution < -0.4 is 4.74 Å². The molecule has 0 N–H and O–H groups in total. The van der Waals surface area contributed by atoms with Gasteiger partial charge in [0, 0.05) is 17.6 Å². The maximum atomic E-state index is 13.9. The minimum Gasteiger partial charge on any atom is -0.406 e. The number of rotatable bonds is 4. The maximum Gasteiger partial charge on any atom is 0.573 e. The quantitative estimate of drug-likeness (QED) is 0.522. The second-order valence-electron chi connectivity index (χ2n) is 7.07. The molecular formula is C20H16ClF4N3O. The highest BCUT2D eigenvalue weighted by Crippen LogP contribution is 2.50. The van der Waals surface area contributed by atoms with Crippen molar-refractivity contribution in [2.24, 2.45) is 7.05 Å². The van der Waals surface area contributed by atoms with Gasteiger partial charge in [-0.15, -0.1) is 23.4 Å². The first-order valence-electron chi connectivity index (χ1n) is 8.84. The van der Waals surface area contributed by atoms with E-state index in [2.05, 4.69) is 14.9 Å². The zero-order valence-electron chi connectivity index (χ0n) is 15.3. The molecule has 1 heterocycles. The van der Waals surface area contributed by atoms with Crippen molar-refractivity contribution in [1.82, 2.24) is 14.8 Å². The van der Waals surface area contributed by atoms with Gasteiger partial charge >= 0.3 is 6.36 Å². The van der Waals surface area contributed by atoms with Crippen molar-refractivity contribution < 1.29 is 22.3 Å². The molecule has 3 aromatic rings. The Bertz CT molecular complexity index is 1010. The minimum absolute atomic E-state index is 0.277. The van der Waals surface area contributed by atoms with Crippen molar-refractivity contribution in [1.29, 1.82) is 0 Å². The summed E-state index contributed by atoms with van der Waals surface area (Å²) in [6, 6.07) is 12.6. The highest BCUT2D eigenvalue weighted by atomic mass is 35.5. The van der Waals surface area contributed by atoms with Gasteiger partial charge in [-0.25, -0.2) is 4.39 Å². The van der Waals surface area contributed by atoms with Crippen LogP contribution in [0.1, 0.15) is 24.2 Å². The molecular weight excluding hydrogens is 410 g/mol. The molecule has 29 heavy (non-hydrogen) atoms. The van der Waals surface area contributed by atoms with E-state index in [-0.39, 0.29) is 18.6 Å². The van der Waals surface area contributed by atoms with E-state index in [1.807, 2.05) is 12.1 Å². The van der Waals surface area contributed by atoms with E-state index in [9.17, 15) is 17.6 Å². The Morgan fingerprint density at radius 2 is 1.66 bits per heavy atom. The van der Waals surface area contributed by atoms with Crippen LogP contribution >= 0.6 is 11.6 Å². The van der Waals surface area contributed by atoms with Gasteiger partial charge in [0.1, 0.15) is 17.7 Å². The summed E-state index contributed by atoms with van der Waals surface area (Å²) in [6.45, 7) is 0. The Morgan fingerprint density at radius 1 is 1.03 bits per heavy atom. The van der Waals surface area contributed by atoms with Crippen LogP contribution in [0.15, 0.2) is 48.5 Å². The molecule has 9 heteroatoms. The lowest BCUT2D eigenvalue weighted by atomic mass is 9.62. The number of nitrogens with zero attached hydrogens (tertiary/aromatic N) is 3. The van der Waals surface area contributed by atoms with Gasteiger partial charge in [-0.3, -0.25) is 0 Å². The van der Waals surface area contributed by atoms with Crippen LogP contribution in [0.4, 0.5) is 17.6 Å². The summed E-state index contributed by atoms with van der Waals surface area (Å²) in [5.74, 6) is 0.745. The zero-order valence-corrected chi connectivity index (χ0v) is 16.0. The Morgan fingerprint density at radius 3 is 2.21 bits per heavy atom. The van der Waals surface area contributed by atoms with E-state index in [0.717, 1.165) is 5.56 Å². The van der Waals surface area contributed by atoms with Gasteiger partial charge in [0.05, 0.1) is 5.41 Å². The second-order valence-corrected chi connectivity index (χ2v) is 7.51. The van der Waals surface area contributed by atoms with Crippen molar-refractivity contribution in [2.45, 2.75) is 30.8 Å². The fraction of sp³-hybridized carbons (Fsp3) is 0.300. The highest BCUT2D eigenvalue weighted by molar-refractivity contribution is 6.30. The lowest BCUT2D eigenvalue weighted by Gasteiger charge is -2.43. The summed E-state index contributed by atoms with van der Waals surface area (Å²) >= 11 is 5.98. The first kappa shape index (κ1) is 19.7. The molecule has 0 spiro atoms. The number of ether oxygens (including phenoxy) is 1. The Labute approximate surface area is 169 Å². The summed E-state index contributed by atoms with van der Waals surface area (Å²) in [7, 11) is 1.76. The molecule has 0 bridgehead atoms. The molecule has 4 nitrogen and oxygen atoms in total. The van der Waals surface area contributed by atoms with Gasteiger partial charge in [-0.2, -0.15) is 0 Å². The van der Waals surface area contributed by atoms with Gasteiger partial charge < -0.3 is 9.30 Å². The van der Waals surface area contributed by atoms with Crippen LogP contribution in [0.5, 0.6) is 5.75 Å². The largest absolute Gasteiger partial charge is 0.573 e. The Hall–Kier alpha value is -2.61. The maximum absolute atomic E-state index is 13.9. The average Bonchev–Trinajstić information content (AvgIpc) is 3.01. The molecule has 1 saturated carbocycles. The normalized spacial score (nSPS) is 21.7. The summed E-state index contributed by atoms with van der Waals surface area (Å²) < 4.78 is 56.6. The third kappa shape index (κ3) is 3.69. The Kier molecular flexibility index (Phi) is 4.77. The molecule has 0 aliphatic heterocycles. The smallest absolute Gasteiger partial charge is 0.406 e. The van der Waals surface area contributed by atoms with Gasteiger partial charge in [0.25, 0.3) is 0 Å². The molecule has 0 unspecified atom stereocenters. The zero-order chi connectivity index (χ0) is 20.8. The van der Waals surface area contributed by atoms with Crippen LogP contribution in [-0.4, -0.2) is 27.3 Å². The number of hydrogen-bond donors (Lipinski definition) is 0. The first-order valence-corrected chi connectivity index (χ1v) is 9.22. The lowest BCUT2D eigenvalue weighted by molar-refractivity contribution is -0.274. The molecule has 0 amide bonds. The molecule has 2 aromatic carbocycles. The fourth-order valence-corrected chi connectivity index (χ4v) is 3.94. The van der Waals surface area contributed by atoms with E-state index >= 15 is 0 Å². The van der Waals surface area contributed by atoms with Crippen LogP contribution in [0, 0.1) is 0 Å². The van der Waals surface area contributed by atoms with Crippen molar-refractivity contribution in [3.8, 4) is 17.1 Å². The van der Waals surface area contributed by atoms with Gasteiger partial charge in [0.2, 0.25) is 0 Å². The van der Waals surface area contributed by atoms with Gasteiger partial charge in [-0.05, 0) is 54.8 Å². The molecule has 1 aliphatic rings. The summed E-state index contributed by atoms with van der Waals surface area (Å²) in [5.41, 5.74) is 0.846. The van der Waals surface area contributed by atoms with Crippen molar-refractivity contribution in [3.63, 3.8) is 0 Å². The number of hydrogen-bond acceptors (Lipinski definition) is 3. The van der Waals surface area contributed by atoms with Crippen LogP contribution in [0.2, 0.25) is 5.02 Å². The van der Waals surface area contributed by atoms with Crippen molar-refractivity contribution >= 4 is 11.6 Å². The predicted molar refractivity (Wildman–Crippen MR) is 99.5 cm³/mol. The molecule has 1 aliphatic carbocycles. The minimum atomic E-state index is -4.75. The van der Waals surface area contributed by atoms with E-state index < -0.39 is 17.9 Å². The first-order chi connectivity index (χ1) is 13.7. The van der Waals surface area contributed by atoms with E-state index in [4.69, 9.17) is 11.6 Å². The molecule has 0 atom stereocenters. The van der Waals surface area contributed by atoms with Crippen molar-refractivity contribution in [3.05, 3.63) is 64.9 Å². The van der Waals surface area contributed by atoms with Crippen molar-refractivity contribution in [2.75, 3.05) is 0 Å². The Balaban J connectivity index is 1.68. The third-order valence-corrected chi connectivity index (χ3v) is 5.44. The van der Waals surface area contributed by atoms with E-state index in [0.29, 0.717) is 22.2 Å². The highest BCUT2D eigenvalue weighted by Gasteiger charge is 2.50. The summed E-state index contributed by atoms with van der Waals surface area (Å²) in [4.78, 5) is 0. The number of aromatic nitrogens is 3. The number of halogens is 5. The molecule has 0 radical (unpaired) electrons. The van der Waals surface area contributed by atoms with E-state index in [1.165, 1.54) is 24.3 Å². The predicted octanol–water partition coefficient (Wildman–Crippen LogP) is 5.45. The van der Waals surface area contributed by atoms with E-state index in [1.54, 1.807) is 23.7 Å². The number of benzene rings is 2.